The summed E-state index contributed by atoms with van der Waals surface area (Å²) >= 11 is 13.2. The van der Waals surface area contributed by atoms with Gasteiger partial charge < -0.3 is 9.84 Å². The number of carbonyl (C=O) groups excluding carboxylic acids is 1. The highest BCUT2D eigenvalue weighted by molar-refractivity contribution is 7.99. The van der Waals surface area contributed by atoms with E-state index in [1.165, 1.54) is 11.8 Å². The summed E-state index contributed by atoms with van der Waals surface area (Å²) in [6.07, 6.45) is -0.775. The van der Waals surface area contributed by atoms with Crippen LogP contribution in [0.25, 0.3) is 0 Å². The van der Waals surface area contributed by atoms with Gasteiger partial charge in [-0.15, -0.1) is 11.8 Å². The molecule has 0 bridgehead atoms. The Labute approximate surface area is 120 Å². The number of esters is 1. The second-order valence-electron chi connectivity index (χ2n) is 3.55. The maximum Gasteiger partial charge on any atom is 0.308 e. The molecule has 1 unspecified atom stereocenters. The lowest BCUT2D eigenvalue weighted by Crippen LogP contribution is -2.17. The minimum atomic E-state index is -0.760. The smallest absolute Gasteiger partial charge is 0.308 e. The molecule has 100 valence electrons. The number of benzene rings is 1. The maximum absolute atomic E-state index is 11.1. The first-order chi connectivity index (χ1) is 8.52. The lowest BCUT2D eigenvalue weighted by atomic mass is 10.3. The van der Waals surface area contributed by atoms with Gasteiger partial charge in [-0.1, -0.05) is 23.2 Å². The molecule has 0 aliphatic heterocycles. The van der Waals surface area contributed by atoms with Crippen LogP contribution in [0.5, 0.6) is 0 Å². The molecule has 6 heteroatoms. The summed E-state index contributed by atoms with van der Waals surface area (Å²) in [5, 5.41) is 10.8. The first kappa shape index (κ1) is 15.6. The van der Waals surface area contributed by atoms with E-state index in [2.05, 4.69) is 0 Å². The summed E-state index contributed by atoms with van der Waals surface area (Å²) in [7, 11) is 0. The third kappa shape index (κ3) is 5.48. The van der Waals surface area contributed by atoms with E-state index in [4.69, 9.17) is 27.9 Å². The molecule has 0 spiro atoms. The maximum atomic E-state index is 11.1. The van der Waals surface area contributed by atoms with Gasteiger partial charge in [-0.05, 0) is 25.1 Å². The number of hydrogen-bond acceptors (Lipinski definition) is 4. The van der Waals surface area contributed by atoms with Gasteiger partial charge in [-0.3, -0.25) is 4.79 Å². The molecule has 0 aliphatic carbocycles. The van der Waals surface area contributed by atoms with E-state index in [0.717, 1.165) is 4.90 Å². The summed E-state index contributed by atoms with van der Waals surface area (Å²) in [5.74, 6) is -0.0402. The van der Waals surface area contributed by atoms with Crippen molar-refractivity contribution in [2.75, 3.05) is 12.4 Å². The molecular weight excluding hydrogens is 295 g/mol. The average molecular weight is 309 g/mol. The van der Waals surface area contributed by atoms with Gasteiger partial charge in [0.1, 0.15) is 0 Å². The molecule has 0 radical (unpaired) electrons. The molecule has 1 rings (SSSR count). The second-order valence-corrected chi connectivity index (χ2v) is 5.45. The van der Waals surface area contributed by atoms with E-state index in [-0.39, 0.29) is 6.42 Å². The lowest BCUT2D eigenvalue weighted by Gasteiger charge is -2.10. The van der Waals surface area contributed by atoms with Crippen LogP contribution in [0.3, 0.4) is 0 Å². The van der Waals surface area contributed by atoms with E-state index >= 15 is 0 Å². The van der Waals surface area contributed by atoms with Gasteiger partial charge in [0.15, 0.2) is 0 Å². The number of thioether (sulfide) groups is 1. The molecule has 1 atom stereocenters. The first-order valence-corrected chi connectivity index (χ1v) is 7.18. The van der Waals surface area contributed by atoms with Crippen LogP contribution in [0.15, 0.2) is 23.1 Å². The summed E-state index contributed by atoms with van der Waals surface area (Å²) < 4.78 is 4.75. The van der Waals surface area contributed by atoms with E-state index in [1.807, 2.05) is 0 Å². The Bertz CT molecular complexity index is 412. The number of aliphatic hydroxyl groups is 1. The molecule has 3 nitrogen and oxygen atoms in total. The van der Waals surface area contributed by atoms with Crippen molar-refractivity contribution in [1.82, 2.24) is 0 Å². The Hall–Kier alpha value is -0.420. The summed E-state index contributed by atoms with van der Waals surface area (Å²) in [5.41, 5.74) is 0. The predicted octanol–water partition coefficient (Wildman–Crippen LogP) is 3.40. The Morgan fingerprint density at radius 1 is 1.50 bits per heavy atom. The largest absolute Gasteiger partial charge is 0.466 e. The SMILES string of the molecule is CCOC(=O)CC(O)CSc1cc(Cl)ccc1Cl. The van der Waals surface area contributed by atoms with Crippen molar-refractivity contribution >= 4 is 40.9 Å². The fourth-order valence-electron chi connectivity index (χ4n) is 1.25. The van der Waals surface area contributed by atoms with Crippen molar-refractivity contribution in [2.24, 2.45) is 0 Å². The molecule has 1 aromatic carbocycles. The van der Waals surface area contributed by atoms with Crippen LogP contribution in [-0.4, -0.2) is 29.5 Å². The Morgan fingerprint density at radius 2 is 2.22 bits per heavy atom. The summed E-state index contributed by atoms with van der Waals surface area (Å²) in [4.78, 5) is 11.9. The highest BCUT2D eigenvalue weighted by Gasteiger charge is 2.13. The number of carbonyl (C=O) groups is 1. The molecule has 0 aromatic heterocycles. The van der Waals surface area contributed by atoms with Crippen LogP contribution in [-0.2, 0) is 9.53 Å². The van der Waals surface area contributed by atoms with Crippen LogP contribution in [0.2, 0.25) is 10.0 Å². The van der Waals surface area contributed by atoms with Crippen molar-refractivity contribution in [2.45, 2.75) is 24.3 Å². The molecule has 0 aliphatic rings. The molecular formula is C12H14Cl2O3S. The number of ether oxygens (including phenoxy) is 1. The fraction of sp³-hybridized carbons (Fsp3) is 0.417. The minimum Gasteiger partial charge on any atom is -0.466 e. The van der Waals surface area contributed by atoms with E-state index in [0.29, 0.717) is 22.4 Å². The fourth-order valence-corrected chi connectivity index (χ4v) is 2.67. The van der Waals surface area contributed by atoms with Crippen molar-refractivity contribution < 1.29 is 14.6 Å². The highest BCUT2D eigenvalue weighted by atomic mass is 35.5. The zero-order valence-corrected chi connectivity index (χ0v) is 12.2. The molecule has 0 fully saturated rings. The second kappa shape index (κ2) is 7.89. The number of halogens is 2. The van der Waals surface area contributed by atoms with E-state index in [9.17, 15) is 9.90 Å². The number of aliphatic hydroxyl groups excluding tert-OH is 1. The normalized spacial score (nSPS) is 12.2. The first-order valence-electron chi connectivity index (χ1n) is 5.44. The highest BCUT2D eigenvalue weighted by Crippen LogP contribution is 2.30. The van der Waals surface area contributed by atoms with E-state index < -0.39 is 12.1 Å². The van der Waals surface area contributed by atoms with Gasteiger partial charge in [0, 0.05) is 15.7 Å². The average Bonchev–Trinajstić information content (AvgIpc) is 2.30. The van der Waals surface area contributed by atoms with Crippen LogP contribution in [0.4, 0.5) is 0 Å². The molecule has 1 aromatic rings. The lowest BCUT2D eigenvalue weighted by molar-refractivity contribution is -0.144. The predicted molar refractivity (Wildman–Crippen MR) is 74.4 cm³/mol. The molecule has 0 amide bonds. The zero-order valence-electron chi connectivity index (χ0n) is 9.86. The zero-order chi connectivity index (χ0) is 13.5. The standard InChI is InChI=1S/C12H14Cl2O3S/c1-2-17-12(16)6-9(15)7-18-11-5-8(13)3-4-10(11)14/h3-5,9,15H,2,6-7H2,1H3. The number of hydrogen-bond donors (Lipinski definition) is 1. The molecule has 0 saturated carbocycles. The molecule has 0 heterocycles. The van der Waals surface area contributed by atoms with Gasteiger partial charge in [-0.2, -0.15) is 0 Å². The monoisotopic (exact) mass is 308 g/mol. The van der Waals surface area contributed by atoms with Gasteiger partial charge in [0.2, 0.25) is 0 Å². The van der Waals surface area contributed by atoms with E-state index in [1.54, 1.807) is 25.1 Å². The molecule has 18 heavy (non-hydrogen) atoms. The summed E-state index contributed by atoms with van der Waals surface area (Å²) in [6.45, 7) is 2.05. The van der Waals surface area contributed by atoms with Gasteiger partial charge >= 0.3 is 5.97 Å². The van der Waals surface area contributed by atoms with Gasteiger partial charge in [0.25, 0.3) is 0 Å². The third-order valence-electron chi connectivity index (χ3n) is 2.03. The Morgan fingerprint density at radius 3 is 2.89 bits per heavy atom. The van der Waals surface area contributed by atoms with Crippen molar-refractivity contribution in [3.63, 3.8) is 0 Å². The van der Waals surface area contributed by atoms with Gasteiger partial charge in [-0.25, -0.2) is 0 Å². The van der Waals surface area contributed by atoms with Crippen LogP contribution in [0.1, 0.15) is 13.3 Å². The van der Waals surface area contributed by atoms with Crippen LogP contribution < -0.4 is 0 Å². The summed E-state index contributed by atoms with van der Waals surface area (Å²) in [6, 6.07) is 5.12. The van der Waals surface area contributed by atoms with Crippen molar-refractivity contribution in [3.8, 4) is 0 Å². The van der Waals surface area contributed by atoms with Crippen LogP contribution in [0, 0.1) is 0 Å². The minimum absolute atomic E-state index is 0.0149. The molecule has 1 N–H and O–H groups in total. The topological polar surface area (TPSA) is 46.5 Å². The Balaban J connectivity index is 2.44. The van der Waals surface area contributed by atoms with Crippen molar-refractivity contribution in [3.05, 3.63) is 28.2 Å². The van der Waals surface area contributed by atoms with Crippen LogP contribution >= 0.6 is 35.0 Å². The Kier molecular flexibility index (Phi) is 6.86. The number of rotatable bonds is 6. The quantitative estimate of drug-likeness (QED) is 0.646. The molecule has 0 saturated heterocycles. The van der Waals surface area contributed by atoms with Crippen molar-refractivity contribution in [1.29, 1.82) is 0 Å². The third-order valence-corrected chi connectivity index (χ3v) is 3.91. The van der Waals surface area contributed by atoms with Gasteiger partial charge in [0.05, 0.1) is 24.2 Å².